The number of benzene rings is 1. The minimum Gasteiger partial charge on any atom is -0.495 e. The summed E-state index contributed by atoms with van der Waals surface area (Å²) in [6, 6.07) is 4.99. The smallest absolute Gasteiger partial charge is 0.339 e. The van der Waals surface area contributed by atoms with Crippen LogP contribution in [0.2, 0.25) is 5.02 Å². The molecule has 0 radical (unpaired) electrons. The molecule has 1 aromatic carbocycles. The molecule has 0 aliphatic heterocycles. The maximum atomic E-state index is 11.4. The Morgan fingerprint density at radius 3 is 2.44 bits per heavy atom. The molecule has 0 aromatic heterocycles. The van der Waals surface area contributed by atoms with Gasteiger partial charge in [0.15, 0.2) is 6.10 Å². The molecule has 5 heteroatoms. The van der Waals surface area contributed by atoms with Crippen molar-refractivity contribution in [1.29, 1.82) is 0 Å². The van der Waals surface area contributed by atoms with Crippen LogP contribution in [0.3, 0.4) is 0 Å². The molecule has 0 aliphatic carbocycles. The van der Waals surface area contributed by atoms with Crippen LogP contribution >= 0.6 is 11.6 Å². The predicted octanol–water partition coefficient (Wildman–Crippen LogP) is 2.21. The van der Waals surface area contributed by atoms with Crippen molar-refractivity contribution in [3.05, 3.63) is 28.8 Å². The third-order valence-electron chi connectivity index (χ3n) is 2.13. The molecular weight excluding hydrogens is 232 g/mol. The van der Waals surface area contributed by atoms with Gasteiger partial charge in [-0.2, -0.15) is 0 Å². The summed E-state index contributed by atoms with van der Waals surface area (Å²) in [5.41, 5.74) is 0.625. The number of halogens is 1. The van der Waals surface area contributed by atoms with Gasteiger partial charge in [-0.15, -0.1) is 0 Å². The molecule has 0 N–H and O–H groups in total. The molecule has 0 aliphatic rings. The summed E-state index contributed by atoms with van der Waals surface area (Å²) >= 11 is 5.95. The van der Waals surface area contributed by atoms with Gasteiger partial charge in [0.25, 0.3) is 0 Å². The lowest BCUT2D eigenvalue weighted by atomic mass is 10.1. The summed E-state index contributed by atoms with van der Waals surface area (Å²) < 4.78 is 14.7. The van der Waals surface area contributed by atoms with E-state index >= 15 is 0 Å². The van der Waals surface area contributed by atoms with Crippen LogP contribution in [0.1, 0.15) is 11.7 Å². The summed E-state index contributed by atoms with van der Waals surface area (Å²) in [5, 5.41) is 0.422. The zero-order valence-electron chi connectivity index (χ0n) is 9.32. The van der Waals surface area contributed by atoms with E-state index in [9.17, 15) is 4.79 Å². The van der Waals surface area contributed by atoms with Gasteiger partial charge >= 0.3 is 5.97 Å². The molecule has 16 heavy (non-hydrogen) atoms. The predicted molar refractivity (Wildman–Crippen MR) is 59.8 cm³/mol. The topological polar surface area (TPSA) is 44.8 Å². The second-order valence-corrected chi connectivity index (χ2v) is 3.44. The first-order chi connectivity index (χ1) is 7.63. The highest BCUT2D eigenvalue weighted by atomic mass is 35.5. The third-order valence-corrected chi connectivity index (χ3v) is 2.42. The molecule has 1 rings (SSSR count). The van der Waals surface area contributed by atoms with Crippen LogP contribution in [0.4, 0.5) is 0 Å². The summed E-state index contributed by atoms with van der Waals surface area (Å²) in [7, 11) is 4.26. The summed E-state index contributed by atoms with van der Waals surface area (Å²) in [6.45, 7) is 0. The number of hydrogen-bond acceptors (Lipinski definition) is 4. The first-order valence-corrected chi connectivity index (χ1v) is 4.96. The molecule has 0 spiro atoms. The van der Waals surface area contributed by atoms with Crippen molar-refractivity contribution in [3.63, 3.8) is 0 Å². The standard InChI is InChI=1S/C11H13ClO4/c1-14-9-5-4-7(6-8(9)12)10(15-2)11(13)16-3/h4-6,10H,1-3H3. The third kappa shape index (κ3) is 2.65. The van der Waals surface area contributed by atoms with Crippen LogP contribution in [0.25, 0.3) is 0 Å². The Kier molecular flexibility index (Phi) is 4.58. The second-order valence-electron chi connectivity index (χ2n) is 3.03. The lowest BCUT2D eigenvalue weighted by molar-refractivity contribution is -0.152. The summed E-state index contributed by atoms with van der Waals surface area (Å²) in [4.78, 5) is 11.4. The molecule has 4 nitrogen and oxygen atoms in total. The number of hydrogen-bond donors (Lipinski definition) is 0. The van der Waals surface area contributed by atoms with Crippen molar-refractivity contribution in [2.75, 3.05) is 21.3 Å². The molecule has 0 saturated carbocycles. The molecule has 88 valence electrons. The minimum atomic E-state index is -0.770. The van der Waals surface area contributed by atoms with Gasteiger partial charge < -0.3 is 14.2 Å². The Morgan fingerprint density at radius 1 is 1.31 bits per heavy atom. The molecule has 0 bridgehead atoms. The fourth-order valence-corrected chi connectivity index (χ4v) is 1.59. The van der Waals surface area contributed by atoms with E-state index in [0.717, 1.165) is 0 Å². The van der Waals surface area contributed by atoms with Gasteiger partial charge in [0.05, 0.1) is 19.2 Å². The monoisotopic (exact) mass is 244 g/mol. The van der Waals surface area contributed by atoms with Crippen LogP contribution in [-0.4, -0.2) is 27.3 Å². The highest BCUT2D eigenvalue weighted by Crippen LogP contribution is 2.29. The average Bonchev–Trinajstić information content (AvgIpc) is 2.30. The van der Waals surface area contributed by atoms with Crippen molar-refractivity contribution in [2.24, 2.45) is 0 Å². The van der Waals surface area contributed by atoms with E-state index in [2.05, 4.69) is 4.74 Å². The Hall–Kier alpha value is -1.26. The Labute approximate surface area is 99.1 Å². The van der Waals surface area contributed by atoms with Gasteiger partial charge in [-0.1, -0.05) is 17.7 Å². The minimum absolute atomic E-state index is 0.422. The highest BCUT2D eigenvalue weighted by Gasteiger charge is 2.21. The van der Waals surface area contributed by atoms with Crippen LogP contribution in [0.5, 0.6) is 5.75 Å². The maximum absolute atomic E-state index is 11.4. The van der Waals surface area contributed by atoms with E-state index < -0.39 is 12.1 Å². The van der Waals surface area contributed by atoms with Gasteiger partial charge in [0, 0.05) is 7.11 Å². The summed E-state index contributed by atoms with van der Waals surface area (Å²) in [5.74, 6) is 0.0777. The van der Waals surface area contributed by atoms with E-state index in [0.29, 0.717) is 16.3 Å². The average molecular weight is 245 g/mol. The summed E-state index contributed by atoms with van der Waals surface area (Å²) in [6.07, 6.45) is -0.770. The number of esters is 1. The van der Waals surface area contributed by atoms with Crippen molar-refractivity contribution in [1.82, 2.24) is 0 Å². The number of ether oxygens (including phenoxy) is 3. The lowest BCUT2D eigenvalue weighted by Crippen LogP contribution is -2.16. The quantitative estimate of drug-likeness (QED) is 0.762. The molecule has 1 unspecified atom stereocenters. The lowest BCUT2D eigenvalue weighted by Gasteiger charge is -2.14. The van der Waals surface area contributed by atoms with Crippen LogP contribution in [0.15, 0.2) is 18.2 Å². The molecule has 0 saturated heterocycles. The largest absolute Gasteiger partial charge is 0.495 e. The molecular formula is C11H13ClO4. The van der Waals surface area contributed by atoms with Crippen molar-refractivity contribution in [2.45, 2.75) is 6.10 Å². The molecule has 0 heterocycles. The van der Waals surface area contributed by atoms with Crippen LogP contribution < -0.4 is 4.74 Å². The Balaban J connectivity index is 3.03. The maximum Gasteiger partial charge on any atom is 0.339 e. The van der Waals surface area contributed by atoms with E-state index in [-0.39, 0.29) is 0 Å². The number of rotatable bonds is 4. The van der Waals surface area contributed by atoms with Crippen LogP contribution in [0, 0.1) is 0 Å². The molecule has 0 amide bonds. The highest BCUT2D eigenvalue weighted by molar-refractivity contribution is 6.32. The molecule has 1 atom stereocenters. The fourth-order valence-electron chi connectivity index (χ4n) is 1.32. The van der Waals surface area contributed by atoms with Crippen LogP contribution in [-0.2, 0) is 14.3 Å². The zero-order chi connectivity index (χ0) is 12.1. The molecule has 0 fully saturated rings. The van der Waals surface area contributed by atoms with Crippen molar-refractivity contribution in [3.8, 4) is 5.75 Å². The molecule has 1 aromatic rings. The van der Waals surface area contributed by atoms with Gasteiger partial charge in [-0.3, -0.25) is 0 Å². The first-order valence-electron chi connectivity index (χ1n) is 4.58. The van der Waals surface area contributed by atoms with E-state index in [4.69, 9.17) is 21.1 Å². The SMILES string of the molecule is COC(=O)C(OC)c1ccc(OC)c(Cl)c1. The van der Waals surface area contributed by atoms with Gasteiger partial charge in [-0.25, -0.2) is 4.79 Å². The van der Waals surface area contributed by atoms with Gasteiger partial charge in [-0.05, 0) is 17.7 Å². The van der Waals surface area contributed by atoms with Gasteiger partial charge in [0.2, 0.25) is 0 Å². The first kappa shape index (κ1) is 12.8. The van der Waals surface area contributed by atoms with E-state index in [1.165, 1.54) is 21.3 Å². The van der Waals surface area contributed by atoms with E-state index in [1.54, 1.807) is 18.2 Å². The van der Waals surface area contributed by atoms with E-state index in [1.807, 2.05) is 0 Å². The van der Waals surface area contributed by atoms with Gasteiger partial charge in [0.1, 0.15) is 5.75 Å². The Bertz CT molecular complexity index is 378. The van der Waals surface area contributed by atoms with Crippen molar-refractivity contribution >= 4 is 17.6 Å². The van der Waals surface area contributed by atoms with Crippen molar-refractivity contribution < 1.29 is 19.0 Å². The number of carbonyl (C=O) groups excluding carboxylic acids is 1. The second kappa shape index (κ2) is 5.72. The fraction of sp³-hybridized carbons (Fsp3) is 0.364. The number of methoxy groups -OCH3 is 3. The Morgan fingerprint density at radius 2 is 2.00 bits per heavy atom. The normalized spacial score (nSPS) is 12.0. The number of carbonyl (C=O) groups is 1. The zero-order valence-corrected chi connectivity index (χ0v) is 10.1.